The van der Waals surface area contributed by atoms with Gasteiger partial charge in [0.2, 0.25) is 0 Å². The Labute approximate surface area is 115 Å². The van der Waals surface area contributed by atoms with Crippen molar-refractivity contribution in [2.45, 2.75) is 26.2 Å². The van der Waals surface area contributed by atoms with Crippen LogP contribution in [0.3, 0.4) is 0 Å². The molecule has 0 aliphatic rings. The molecule has 0 saturated heterocycles. The minimum absolute atomic E-state index is 0.0659. The van der Waals surface area contributed by atoms with Crippen LogP contribution in [-0.2, 0) is 5.41 Å². The number of thiazole rings is 1. The van der Waals surface area contributed by atoms with Crippen LogP contribution in [0.5, 0.6) is 0 Å². The van der Waals surface area contributed by atoms with Crippen molar-refractivity contribution in [3.63, 3.8) is 0 Å². The van der Waals surface area contributed by atoms with Gasteiger partial charge in [-0.2, -0.15) is 0 Å². The van der Waals surface area contributed by atoms with Gasteiger partial charge in [-0.1, -0.05) is 32.4 Å². The van der Waals surface area contributed by atoms with E-state index < -0.39 is 0 Å². The number of halogens is 2. The van der Waals surface area contributed by atoms with E-state index in [0.717, 1.165) is 5.01 Å². The summed E-state index contributed by atoms with van der Waals surface area (Å²) in [7, 11) is 0. The van der Waals surface area contributed by atoms with Crippen molar-refractivity contribution in [3.05, 3.63) is 34.0 Å². The molecule has 0 aliphatic carbocycles. The molecule has 0 spiro atoms. The standard InChI is InChI=1S/C13H14ClFN2S/c1-13(2,3)12-17-10(11(16)18-12)8-5-4-7(15)6-9(8)14/h4-6H,16H2,1-3H3. The van der Waals surface area contributed by atoms with Crippen LogP contribution in [0, 0.1) is 5.82 Å². The molecule has 0 saturated carbocycles. The summed E-state index contributed by atoms with van der Waals surface area (Å²) in [6.45, 7) is 6.21. The third kappa shape index (κ3) is 2.49. The van der Waals surface area contributed by atoms with Gasteiger partial charge in [0, 0.05) is 11.0 Å². The zero-order valence-electron chi connectivity index (χ0n) is 10.4. The largest absolute Gasteiger partial charge is 0.389 e. The fourth-order valence-corrected chi connectivity index (χ4v) is 2.69. The van der Waals surface area contributed by atoms with Gasteiger partial charge in [-0.15, -0.1) is 11.3 Å². The number of benzene rings is 1. The third-order valence-electron chi connectivity index (χ3n) is 2.48. The minimum Gasteiger partial charge on any atom is -0.389 e. The lowest BCUT2D eigenvalue weighted by Crippen LogP contribution is -2.10. The molecule has 0 aliphatic heterocycles. The van der Waals surface area contributed by atoms with Gasteiger partial charge in [-0.05, 0) is 18.2 Å². The number of nitrogen functional groups attached to an aromatic ring is 1. The molecule has 2 rings (SSSR count). The van der Waals surface area contributed by atoms with Crippen LogP contribution in [0.2, 0.25) is 5.02 Å². The molecule has 0 fully saturated rings. The second-order valence-electron chi connectivity index (χ2n) is 5.11. The predicted molar refractivity (Wildman–Crippen MR) is 75.6 cm³/mol. The molecule has 0 amide bonds. The highest BCUT2D eigenvalue weighted by atomic mass is 35.5. The summed E-state index contributed by atoms with van der Waals surface area (Å²) < 4.78 is 13.0. The van der Waals surface area contributed by atoms with Gasteiger partial charge in [-0.3, -0.25) is 0 Å². The van der Waals surface area contributed by atoms with Crippen molar-refractivity contribution < 1.29 is 4.39 Å². The number of anilines is 1. The van der Waals surface area contributed by atoms with E-state index in [0.29, 0.717) is 21.3 Å². The highest BCUT2D eigenvalue weighted by Crippen LogP contribution is 2.38. The van der Waals surface area contributed by atoms with E-state index in [2.05, 4.69) is 25.8 Å². The highest BCUT2D eigenvalue weighted by molar-refractivity contribution is 7.16. The smallest absolute Gasteiger partial charge is 0.124 e. The van der Waals surface area contributed by atoms with Crippen LogP contribution >= 0.6 is 22.9 Å². The molecule has 2 nitrogen and oxygen atoms in total. The molecule has 1 aromatic carbocycles. The first-order valence-electron chi connectivity index (χ1n) is 5.51. The maximum Gasteiger partial charge on any atom is 0.124 e. The van der Waals surface area contributed by atoms with Crippen molar-refractivity contribution >= 4 is 27.9 Å². The van der Waals surface area contributed by atoms with Crippen LogP contribution in [0.4, 0.5) is 9.39 Å². The molecule has 1 aromatic heterocycles. The van der Waals surface area contributed by atoms with Crippen molar-refractivity contribution in [2.75, 3.05) is 5.73 Å². The first-order valence-corrected chi connectivity index (χ1v) is 6.70. The van der Waals surface area contributed by atoms with Crippen molar-refractivity contribution in [3.8, 4) is 11.3 Å². The van der Waals surface area contributed by atoms with E-state index in [4.69, 9.17) is 17.3 Å². The van der Waals surface area contributed by atoms with Gasteiger partial charge in [0.1, 0.15) is 21.5 Å². The SMILES string of the molecule is CC(C)(C)c1nc(-c2ccc(F)cc2Cl)c(N)s1. The molecule has 1 heterocycles. The number of nitrogens with zero attached hydrogens (tertiary/aromatic N) is 1. The number of hydrogen-bond donors (Lipinski definition) is 1. The number of hydrogen-bond acceptors (Lipinski definition) is 3. The monoisotopic (exact) mass is 284 g/mol. The number of rotatable bonds is 1. The normalized spacial score (nSPS) is 11.8. The Hall–Kier alpha value is -1.13. The maximum absolute atomic E-state index is 13.0. The lowest BCUT2D eigenvalue weighted by atomic mass is 9.98. The Morgan fingerprint density at radius 2 is 2.00 bits per heavy atom. The second kappa shape index (κ2) is 4.52. The second-order valence-corrected chi connectivity index (χ2v) is 6.54. The number of nitrogens with two attached hydrogens (primary N) is 1. The average molecular weight is 285 g/mol. The Morgan fingerprint density at radius 1 is 1.33 bits per heavy atom. The summed E-state index contributed by atoms with van der Waals surface area (Å²) in [6, 6.07) is 4.23. The average Bonchev–Trinajstić information content (AvgIpc) is 2.60. The molecule has 2 N–H and O–H groups in total. The molecule has 96 valence electrons. The summed E-state index contributed by atoms with van der Waals surface area (Å²) >= 11 is 7.47. The van der Waals surface area contributed by atoms with E-state index in [9.17, 15) is 4.39 Å². The lowest BCUT2D eigenvalue weighted by Gasteiger charge is -2.13. The van der Waals surface area contributed by atoms with Crippen LogP contribution in [0.25, 0.3) is 11.3 Å². The fourth-order valence-electron chi connectivity index (χ4n) is 1.53. The molecule has 0 bridgehead atoms. The van der Waals surface area contributed by atoms with E-state index in [1.807, 2.05) is 0 Å². The van der Waals surface area contributed by atoms with E-state index >= 15 is 0 Å². The minimum atomic E-state index is -0.367. The summed E-state index contributed by atoms with van der Waals surface area (Å²) in [5, 5.41) is 1.87. The van der Waals surface area contributed by atoms with Crippen LogP contribution in [0.1, 0.15) is 25.8 Å². The molecule has 0 atom stereocenters. The Bertz CT molecular complexity index is 587. The molecular weight excluding hydrogens is 271 g/mol. The quantitative estimate of drug-likeness (QED) is 0.838. The first kappa shape index (κ1) is 13.3. The highest BCUT2D eigenvalue weighted by Gasteiger charge is 2.22. The predicted octanol–water partition coefficient (Wildman–Crippen LogP) is 4.48. The summed E-state index contributed by atoms with van der Waals surface area (Å²) in [6.07, 6.45) is 0. The first-order chi connectivity index (χ1) is 8.29. The van der Waals surface area contributed by atoms with Crippen molar-refractivity contribution in [1.29, 1.82) is 0 Å². The van der Waals surface area contributed by atoms with E-state index in [1.54, 1.807) is 6.07 Å². The lowest BCUT2D eigenvalue weighted by molar-refractivity contribution is 0.586. The maximum atomic E-state index is 13.0. The number of aromatic nitrogens is 1. The van der Waals surface area contributed by atoms with Crippen LogP contribution in [-0.4, -0.2) is 4.98 Å². The molecule has 5 heteroatoms. The summed E-state index contributed by atoms with van der Waals surface area (Å²) in [5.74, 6) is -0.367. The van der Waals surface area contributed by atoms with Gasteiger partial charge < -0.3 is 5.73 Å². The van der Waals surface area contributed by atoms with Gasteiger partial charge in [0.25, 0.3) is 0 Å². The summed E-state index contributed by atoms with van der Waals surface area (Å²) in [5.41, 5.74) is 7.22. The van der Waals surface area contributed by atoms with Gasteiger partial charge in [0.05, 0.1) is 5.02 Å². The topological polar surface area (TPSA) is 38.9 Å². The Morgan fingerprint density at radius 3 is 2.50 bits per heavy atom. The zero-order chi connectivity index (χ0) is 13.5. The zero-order valence-corrected chi connectivity index (χ0v) is 12.0. The van der Waals surface area contributed by atoms with Crippen molar-refractivity contribution in [2.24, 2.45) is 0 Å². The molecule has 0 radical (unpaired) electrons. The fraction of sp³-hybridized carbons (Fsp3) is 0.308. The summed E-state index contributed by atoms with van der Waals surface area (Å²) in [4.78, 5) is 4.53. The Kier molecular flexibility index (Phi) is 3.34. The molecular formula is C13H14ClFN2S. The Balaban J connectivity index is 2.55. The van der Waals surface area contributed by atoms with Crippen LogP contribution < -0.4 is 5.73 Å². The molecule has 18 heavy (non-hydrogen) atoms. The van der Waals surface area contributed by atoms with Crippen LogP contribution in [0.15, 0.2) is 18.2 Å². The molecule has 2 aromatic rings. The van der Waals surface area contributed by atoms with E-state index in [1.165, 1.54) is 23.5 Å². The van der Waals surface area contributed by atoms with Gasteiger partial charge in [0.15, 0.2) is 0 Å². The van der Waals surface area contributed by atoms with Gasteiger partial charge in [-0.25, -0.2) is 9.37 Å². The third-order valence-corrected chi connectivity index (χ3v) is 4.10. The van der Waals surface area contributed by atoms with Crippen molar-refractivity contribution in [1.82, 2.24) is 4.98 Å². The van der Waals surface area contributed by atoms with Gasteiger partial charge >= 0.3 is 0 Å². The molecule has 0 unspecified atom stereocenters. The van der Waals surface area contributed by atoms with E-state index in [-0.39, 0.29) is 11.2 Å².